The van der Waals surface area contributed by atoms with Gasteiger partial charge < -0.3 is 26.4 Å². The van der Waals surface area contributed by atoms with Crippen LogP contribution in [0.2, 0.25) is 0 Å². The number of esters is 1. The average molecular weight is 572 g/mol. The summed E-state index contributed by atoms with van der Waals surface area (Å²) in [5.74, 6) is -12.0. The summed E-state index contributed by atoms with van der Waals surface area (Å²) in [5.41, 5.74) is 9.03. The first-order valence-corrected chi connectivity index (χ1v) is 13.5. The highest BCUT2D eigenvalue weighted by molar-refractivity contribution is 6.32. The number of primary amides is 1. The van der Waals surface area contributed by atoms with E-state index in [-0.39, 0.29) is 49.0 Å². The van der Waals surface area contributed by atoms with Gasteiger partial charge in [0.1, 0.15) is 5.75 Å². The van der Waals surface area contributed by atoms with Crippen LogP contribution in [0.25, 0.3) is 0 Å². The molecule has 12 nitrogen and oxygen atoms in total. The first kappa shape index (κ1) is 30.5. The number of nitrogens with two attached hydrogens (primary N) is 2. The highest BCUT2D eigenvalue weighted by atomic mass is 16.5. The lowest BCUT2D eigenvalue weighted by Crippen LogP contribution is -2.74. The molecule has 2 unspecified atom stereocenters. The van der Waals surface area contributed by atoms with Gasteiger partial charge >= 0.3 is 5.97 Å². The minimum absolute atomic E-state index is 0.0315. The number of Topliss-reactive ketones (excluding diaryl/α,β-unsaturated/α-hetero) is 4. The summed E-state index contributed by atoms with van der Waals surface area (Å²) >= 11 is 0. The summed E-state index contributed by atoms with van der Waals surface area (Å²) in [6, 6.07) is 0.356. The van der Waals surface area contributed by atoms with Crippen molar-refractivity contribution in [1.82, 2.24) is 4.90 Å². The van der Waals surface area contributed by atoms with Gasteiger partial charge in [0.25, 0.3) is 0 Å². The number of ketones is 4. The first-order valence-electron chi connectivity index (χ1n) is 13.5. The predicted molar refractivity (Wildman–Crippen MR) is 143 cm³/mol. The molecule has 3 aliphatic carbocycles. The molecule has 0 heterocycles. The topological polar surface area (TPSA) is 207 Å². The van der Waals surface area contributed by atoms with Gasteiger partial charge in [0.15, 0.2) is 34.7 Å². The second-order valence-electron chi connectivity index (χ2n) is 12.8. The van der Waals surface area contributed by atoms with E-state index in [1.807, 2.05) is 20.8 Å². The van der Waals surface area contributed by atoms with Gasteiger partial charge in [-0.3, -0.25) is 33.7 Å². The fourth-order valence-electron chi connectivity index (χ4n) is 6.63. The fraction of sp³-hybridized carbons (Fsp3) is 0.586. The Morgan fingerprint density at radius 3 is 2.29 bits per heavy atom. The second kappa shape index (κ2) is 10.4. The third kappa shape index (κ3) is 4.87. The van der Waals surface area contributed by atoms with Crippen molar-refractivity contribution in [2.24, 2.45) is 40.6 Å². The SMILES string of the molecule is CN(C)[C@@H]1C(=O)C(C(N)=O)C(=O)[C@@]2(O)C(=O)C3C(=O)c4c(O)c(CC(=O)OCC(C)(C)C)cc(CN)c4C[C@H]3C[C@@H]12. The van der Waals surface area contributed by atoms with Crippen LogP contribution >= 0.6 is 0 Å². The minimum Gasteiger partial charge on any atom is -0.507 e. The average Bonchev–Trinajstić information content (AvgIpc) is 2.85. The molecule has 2 fully saturated rings. The quantitative estimate of drug-likeness (QED) is 0.252. The fourth-order valence-corrected chi connectivity index (χ4v) is 6.63. The van der Waals surface area contributed by atoms with E-state index < -0.39 is 76.1 Å². The number of fused-ring (bicyclic) bond motifs is 3. The molecule has 41 heavy (non-hydrogen) atoms. The number of ether oxygens (including phenoxy) is 1. The maximum atomic E-state index is 13.9. The smallest absolute Gasteiger partial charge is 0.310 e. The van der Waals surface area contributed by atoms with Crippen LogP contribution in [0.3, 0.4) is 0 Å². The maximum Gasteiger partial charge on any atom is 0.310 e. The molecule has 0 bridgehead atoms. The van der Waals surface area contributed by atoms with E-state index in [0.29, 0.717) is 11.1 Å². The summed E-state index contributed by atoms with van der Waals surface area (Å²) in [5, 5.41) is 22.8. The molecular weight excluding hydrogens is 534 g/mol. The zero-order valence-corrected chi connectivity index (χ0v) is 23.9. The normalized spacial score (nSPS) is 29.6. The molecule has 1 amide bonds. The number of carbonyl (C=O) groups is 6. The number of hydrogen-bond acceptors (Lipinski definition) is 11. The van der Waals surface area contributed by atoms with Crippen LogP contribution in [0.5, 0.6) is 5.75 Å². The van der Waals surface area contributed by atoms with Crippen molar-refractivity contribution < 1.29 is 43.7 Å². The number of aromatic hydroxyl groups is 1. The largest absolute Gasteiger partial charge is 0.507 e. The molecule has 1 aromatic carbocycles. The van der Waals surface area contributed by atoms with Crippen molar-refractivity contribution in [2.75, 3.05) is 20.7 Å². The lowest BCUT2D eigenvalue weighted by molar-refractivity contribution is -0.181. The number of rotatable bonds is 6. The van der Waals surface area contributed by atoms with Crippen molar-refractivity contribution in [2.45, 2.75) is 58.2 Å². The predicted octanol–water partition coefficient (Wildman–Crippen LogP) is -0.542. The monoisotopic (exact) mass is 571 g/mol. The Morgan fingerprint density at radius 2 is 1.76 bits per heavy atom. The zero-order valence-electron chi connectivity index (χ0n) is 23.9. The lowest BCUT2D eigenvalue weighted by atomic mass is 9.52. The molecule has 0 aromatic heterocycles. The van der Waals surface area contributed by atoms with E-state index in [2.05, 4.69) is 0 Å². The van der Waals surface area contributed by atoms with Gasteiger partial charge in [-0.15, -0.1) is 0 Å². The van der Waals surface area contributed by atoms with Gasteiger partial charge in [0.2, 0.25) is 5.91 Å². The number of aliphatic hydroxyl groups is 1. The lowest BCUT2D eigenvalue weighted by Gasteiger charge is -2.52. The molecule has 6 atom stereocenters. The Balaban J connectivity index is 1.78. The molecule has 0 aliphatic heterocycles. The van der Waals surface area contributed by atoms with Crippen LogP contribution in [-0.4, -0.2) is 82.5 Å². The van der Waals surface area contributed by atoms with Crippen molar-refractivity contribution in [3.8, 4) is 5.75 Å². The summed E-state index contributed by atoms with van der Waals surface area (Å²) in [7, 11) is 3.04. The van der Waals surface area contributed by atoms with Gasteiger partial charge in [-0.05, 0) is 55.5 Å². The Labute approximate surface area is 237 Å². The van der Waals surface area contributed by atoms with E-state index in [4.69, 9.17) is 16.2 Å². The number of phenolic OH excluding ortho intramolecular Hbond substituents is 1. The van der Waals surface area contributed by atoms with E-state index in [9.17, 15) is 39.0 Å². The summed E-state index contributed by atoms with van der Waals surface area (Å²) in [6.45, 7) is 5.76. The molecule has 0 spiro atoms. The maximum absolute atomic E-state index is 13.9. The van der Waals surface area contributed by atoms with Gasteiger partial charge in [-0.1, -0.05) is 20.8 Å². The van der Waals surface area contributed by atoms with Crippen molar-refractivity contribution in [3.63, 3.8) is 0 Å². The molecule has 2 saturated carbocycles. The Morgan fingerprint density at radius 1 is 1.12 bits per heavy atom. The number of likely N-dealkylation sites (N-methyl/N-ethyl adjacent to an activating group) is 1. The third-order valence-corrected chi connectivity index (χ3v) is 8.45. The van der Waals surface area contributed by atoms with Crippen LogP contribution < -0.4 is 11.5 Å². The molecule has 12 heteroatoms. The van der Waals surface area contributed by atoms with Crippen LogP contribution in [0.1, 0.15) is 54.2 Å². The van der Waals surface area contributed by atoms with E-state index in [0.717, 1.165) is 0 Å². The number of hydrogen-bond donors (Lipinski definition) is 4. The minimum atomic E-state index is -2.81. The molecule has 1 aromatic rings. The van der Waals surface area contributed by atoms with Crippen LogP contribution in [0, 0.1) is 29.1 Å². The number of carbonyl (C=O) groups excluding carboxylic acids is 6. The molecule has 222 valence electrons. The molecule has 6 N–H and O–H groups in total. The van der Waals surface area contributed by atoms with Gasteiger partial charge in [-0.2, -0.15) is 0 Å². The highest BCUT2D eigenvalue weighted by Gasteiger charge is 2.69. The summed E-state index contributed by atoms with van der Waals surface area (Å²) in [4.78, 5) is 80.5. The molecule has 3 aliphatic rings. The van der Waals surface area contributed by atoms with E-state index in [1.54, 1.807) is 0 Å². The van der Waals surface area contributed by atoms with Crippen molar-refractivity contribution in [3.05, 3.63) is 28.3 Å². The standard InChI is InChI=1S/C29H37N3O9/c1-28(2,3)11-41-17(33)9-13-6-14(10-30)15-7-12-8-16-21(32(4)5)24(36)20(27(31)39)26(38)29(16,40)25(37)18(12)23(35)19(15)22(13)34/h6,12,16,18,20-21,34,40H,7-11,30H2,1-5H3,(H2,31,39)/t12-,16-,18?,20?,21-,29-/m0/s1. The third-order valence-electron chi connectivity index (χ3n) is 8.45. The van der Waals surface area contributed by atoms with Gasteiger partial charge in [-0.25, -0.2) is 0 Å². The van der Waals surface area contributed by atoms with Crippen molar-refractivity contribution in [1.29, 1.82) is 0 Å². The molecule has 0 radical (unpaired) electrons. The van der Waals surface area contributed by atoms with Gasteiger partial charge in [0, 0.05) is 18.0 Å². The number of phenols is 1. The Hall–Kier alpha value is -3.48. The Kier molecular flexibility index (Phi) is 7.74. The summed E-state index contributed by atoms with van der Waals surface area (Å²) in [6.07, 6.45) is -0.314. The van der Waals surface area contributed by atoms with E-state index >= 15 is 0 Å². The van der Waals surface area contributed by atoms with Crippen LogP contribution in [0.15, 0.2) is 6.07 Å². The first-order chi connectivity index (χ1) is 18.9. The number of benzene rings is 1. The van der Waals surface area contributed by atoms with Gasteiger partial charge in [0.05, 0.1) is 30.6 Å². The zero-order chi connectivity index (χ0) is 30.8. The van der Waals surface area contributed by atoms with Crippen molar-refractivity contribution >= 4 is 35.0 Å². The number of amides is 1. The number of nitrogens with zero attached hydrogens (tertiary/aromatic N) is 1. The highest BCUT2D eigenvalue weighted by Crippen LogP contribution is 2.51. The second-order valence-corrected chi connectivity index (χ2v) is 12.8. The molecular formula is C29H37N3O9. The summed E-state index contributed by atoms with van der Waals surface area (Å²) < 4.78 is 5.30. The molecule has 4 rings (SSSR count). The van der Waals surface area contributed by atoms with E-state index in [1.165, 1.54) is 25.1 Å². The van der Waals surface area contributed by atoms with Crippen LogP contribution in [0.4, 0.5) is 0 Å². The Bertz CT molecular complexity index is 1360. The molecule has 0 saturated heterocycles. The van der Waals surface area contributed by atoms with Crippen LogP contribution in [-0.2, 0) is 48.1 Å².